The Balaban J connectivity index is 4.04. The molecule has 0 heterocycles. The smallest absolute Gasteiger partial charge is 0.230 e. The zero-order chi connectivity index (χ0) is 7.65. The molecule has 0 fully saturated rings. The van der Waals surface area contributed by atoms with E-state index in [1.54, 1.807) is 0 Å². The third-order valence-electron chi connectivity index (χ3n) is 0.562. The van der Waals surface area contributed by atoms with Gasteiger partial charge in [-0.25, -0.2) is 8.78 Å². The summed E-state index contributed by atoms with van der Waals surface area (Å²) >= 11 is 0. The van der Waals surface area contributed by atoms with Gasteiger partial charge in [-0.3, -0.25) is 0 Å². The predicted octanol–water partition coefficient (Wildman–Crippen LogP) is 2.37. The van der Waals surface area contributed by atoms with E-state index in [2.05, 4.69) is 6.58 Å². The van der Waals surface area contributed by atoms with Crippen LogP contribution in [0.3, 0.4) is 0 Å². The van der Waals surface area contributed by atoms with Crippen LogP contribution in [0.25, 0.3) is 0 Å². The zero-order valence-corrected chi connectivity index (χ0v) is 4.17. The molecule has 9 heavy (non-hydrogen) atoms. The molecule has 0 saturated heterocycles. The Bertz CT molecular complexity index is 113. The molecule has 0 nitrogen and oxygen atoms in total. The summed E-state index contributed by atoms with van der Waals surface area (Å²) in [5.41, 5.74) is 0. The molecular weight excluding hydrogens is 143 g/mol. The molecule has 0 spiro atoms. The van der Waals surface area contributed by atoms with Crippen molar-refractivity contribution < 1.29 is 22.0 Å². The summed E-state index contributed by atoms with van der Waals surface area (Å²) in [6.45, 7) is 2.16. The van der Waals surface area contributed by atoms with Crippen LogP contribution in [0.2, 0.25) is 0 Å². The largest absolute Gasteiger partial charge is 0.426 e. The Hall–Kier alpha value is -0.610. The summed E-state index contributed by atoms with van der Waals surface area (Å²) < 4.78 is 55.8. The van der Waals surface area contributed by atoms with Crippen molar-refractivity contribution in [3.05, 3.63) is 12.4 Å². The van der Waals surface area contributed by atoms with Gasteiger partial charge in [-0.1, -0.05) is 6.58 Å². The average Bonchev–Trinajstić information content (AvgIpc) is 1.62. The highest BCUT2D eigenvalue weighted by atomic mass is 19.4. The highest BCUT2D eigenvalue weighted by Gasteiger charge is 2.42. The van der Waals surface area contributed by atoms with E-state index in [0.717, 1.165) is 0 Å². The quantitative estimate of drug-likeness (QED) is 0.498. The van der Waals surface area contributed by atoms with Gasteiger partial charge in [-0.05, 0) is 0 Å². The molecule has 0 aliphatic heterocycles. The van der Waals surface area contributed by atoms with E-state index in [9.17, 15) is 22.0 Å². The second-order valence-corrected chi connectivity index (χ2v) is 1.35. The summed E-state index contributed by atoms with van der Waals surface area (Å²) in [7, 11) is 0. The summed E-state index contributed by atoms with van der Waals surface area (Å²) in [4.78, 5) is 0. The third kappa shape index (κ3) is 2.43. The van der Waals surface area contributed by atoms with E-state index < -0.39 is 18.2 Å². The summed E-state index contributed by atoms with van der Waals surface area (Å²) in [6, 6.07) is 0. The normalized spacial score (nSPS) is 15.2. The topological polar surface area (TPSA) is 0 Å². The molecule has 0 saturated carbocycles. The van der Waals surface area contributed by atoms with Gasteiger partial charge in [0.05, 0.1) is 0 Å². The van der Waals surface area contributed by atoms with Crippen molar-refractivity contribution in [3.8, 4) is 0 Å². The molecule has 0 bridgehead atoms. The second-order valence-electron chi connectivity index (χ2n) is 1.35. The lowest BCUT2D eigenvalue weighted by Crippen LogP contribution is -2.24. The maximum atomic E-state index is 11.4. The van der Waals surface area contributed by atoms with Gasteiger partial charge in [-0.2, -0.15) is 13.2 Å². The van der Waals surface area contributed by atoms with E-state index in [0.29, 0.717) is 0 Å². The number of hydrogen-bond acceptors (Lipinski definition) is 0. The van der Waals surface area contributed by atoms with Gasteiger partial charge in [0.2, 0.25) is 6.17 Å². The molecule has 54 valence electrons. The number of hydrogen-bond donors (Lipinski definition) is 0. The monoisotopic (exact) mass is 146 g/mol. The number of halogens is 5. The van der Waals surface area contributed by atoms with Crippen LogP contribution in [0.1, 0.15) is 0 Å². The van der Waals surface area contributed by atoms with Crippen molar-refractivity contribution in [1.82, 2.24) is 0 Å². The molecule has 0 N–H and O–H groups in total. The van der Waals surface area contributed by atoms with Crippen molar-refractivity contribution in [2.24, 2.45) is 0 Å². The van der Waals surface area contributed by atoms with Crippen molar-refractivity contribution in [3.63, 3.8) is 0 Å². The van der Waals surface area contributed by atoms with E-state index >= 15 is 0 Å². The maximum absolute atomic E-state index is 11.4. The molecule has 5 heteroatoms. The predicted molar refractivity (Wildman–Crippen MR) is 21.2 cm³/mol. The number of allylic oxidation sites excluding steroid dienone is 1. The lowest BCUT2D eigenvalue weighted by molar-refractivity contribution is -0.173. The Morgan fingerprint density at radius 1 is 1.33 bits per heavy atom. The van der Waals surface area contributed by atoms with Gasteiger partial charge in [0, 0.05) is 0 Å². The van der Waals surface area contributed by atoms with Crippen LogP contribution in [-0.2, 0) is 0 Å². The highest BCUT2D eigenvalue weighted by molar-refractivity contribution is 4.94. The molecule has 0 radical (unpaired) electrons. The van der Waals surface area contributed by atoms with E-state index in [4.69, 9.17) is 0 Å². The first-order valence-corrected chi connectivity index (χ1v) is 1.91. The van der Waals surface area contributed by atoms with Crippen LogP contribution in [0.4, 0.5) is 22.0 Å². The summed E-state index contributed by atoms with van der Waals surface area (Å²) in [6.07, 6.45) is -8.70. The minimum absolute atomic E-state index is 2.01. The Labute approximate surface area is 48.0 Å². The van der Waals surface area contributed by atoms with Crippen LogP contribution in [0.5, 0.6) is 0 Å². The molecule has 0 aromatic heterocycles. The molecule has 0 amide bonds. The SMILES string of the molecule is C=C(F)C(F)C(F)(F)F. The third-order valence-corrected chi connectivity index (χ3v) is 0.562. The highest BCUT2D eigenvalue weighted by Crippen LogP contribution is 2.27. The van der Waals surface area contributed by atoms with E-state index in [-0.39, 0.29) is 0 Å². The molecule has 1 unspecified atom stereocenters. The molecule has 0 rings (SSSR count). The Morgan fingerprint density at radius 3 is 1.67 bits per heavy atom. The molecule has 0 aromatic rings. The molecule has 0 aliphatic rings. The van der Waals surface area contributed by atoms with E-state index in [1.807, 2.05) is 0 Å². The van der Waals surface area contributed by atoms with Crippen LogP contribution in [0.15, 0.2) is 12.4 Å². The first-order chi connectivity index (χ1) is 3.85. The Morgan fingerprint density at radius 2 is 1.67 bits per heavy atom. The maximum Gasteiger partial charge on any atom is 0.426 e. The van der Waals surface area contributed by atoms with Crippen molar-refractivity contribution in [1.29, 1.82) is 0 Å². The first-order valence-electron chi connectivity index (χ1n) is 1.91. The second kappa shape index (κ2) is 2.33. The minimum atomic E-state index is -5.16. The van der Waals surface area contributed by atoms with Gasteiger partial charge < -0.3 is 0 Å². The summed E-state index contributed by atoms with van der Waals surface area (Å²) in [5, 5.41) is 0. The fourth-order valence-electron chi connectivity index (χ4n) is 0.178. The fraction of sp³-hybridized carbons (Fsp3) is 0.500. The molecular formula is C4H3F5. The van der Waals surface area contributed by atoms with Crippen LogP contribution in [-0.4, -0.2) is 12.3 Å². The summed E-state index contributed by atoms with van der Waals surface area (Å²) in [5.74, 6) is -2.01. The zero-order valence-electron chi connectivity index (χ0n) is 4.17. The van der Waals surface area contributed by atoms with Gasteiger partial charge >= 0.3 is 6.18 Å². The number of rotatable bonds is 1. The Kier molecular flexibility index (Phi) is 2.17. The average molecular weight is 146 g/mol. The van der Waals surface area contributed by atoms with Gasteiger partial charge in [0.1, 0.15) is 5.83 Å². The number of alkyl halides is 4. The molecule has 1 atom stereocenters. The first kappa shape index (κ1) is 8.39. The molecule has 0 aromatic carbocycles. The lowest BCUT2D eigenvalue weighted by atomic mass is 10.3. The van der Waals surface area contributed by atoms with Crippen molar-refractivity contribution in [2.75, 3.05) is 0 Å². The van der Waals surface area contributed by atoms with Crippen LogP contribution < -0.4 is 0 Å². The minimum Gasteiger partial charge on any atom is -0.230 e. The fourth-order valence-corrected chi connectivity index (χ4v) is 0.178. The van der Waals surface area contributed by atoms with Gasteiger partial charge in [0.25, 0.3) is 0 Å². The van der Waals surface area contributed by atoms with Crippen LogP contribution in [0, 0.1) is 0 Å². The van der Waals surface area contributed by atoms with Gasteiger partial charge in [-0.15, -0.1) is 0 Å². The van der Waals surface area contributed by atoms with Crippen molar-refractivity contribution >= 4 is 0 Å². The van der Waals surface area contributed by atoms with Crippen molar-refractivity contribution in [2.45, 2.75) is 12.3 Å². The van der Waals surface area contributed by atoms with E-state index in [1.165, 1.54) is 0 Å². The standard InChI is InChI=1S/C4H3F5/c1-2(5)3(6)4(7,8)9/h3H,1H2. The lowest BCUT2D eigenvalue weighted by Gasteiger charge is -2.07. The molecule has 0 aliphatic carbocycles. The van der Waals surface area contributed by atoms with Gasteiger partial charge in [0.15, 0.2) is 0 Å². The van der Waals surface area contributed by atoms with Crippen LogP contribution >= 0.6 is 0 Å².